The number of rotatable bonds is 2. The molecule has 0 aromatic rings. The van der Waals surface area contributed by atoms with Gasteiger partial charge >= 0.3 is 0 Å². The van der Waals surface area contributed by atoms with Crippen molar-refractivity contribution in [3.8, 4) is 0 Å². The molecule has 0 saturated heterocycles. The van der Waals surface area contributed by atoms with Crippen LogP contribution in [0.15, 0.2) is 28.2 Å². The van der Waals surface area contributed by atoms with Crippen LogP contribution in [0.3, 0.4) is 0 Å². The topological polar surface area (TPSA) is 12.4 Å². The maximum absolute atomic E-state index is 6.01. The van der Waals surface area contributed by atoms with Gasteiger partial charge in [0, 0.05) is 5.54 Å². The lowest BCUT2D eigenvalue weighted by Gasteiger charge is -2.56. The molecule has 0 fully saturated rings. The zero-order chi connectivity index (χ0) is 21.0. The minimum atomic E-state index is -1.84. The summed E-state index contributed by atoms with van der Waals surface area (Å²) in [5, 5.41) is 0.603. The molecule has 0 radical (unpaired) electrons. The molecule has 1 aliphatic rings. The van der Waals surface area contributed by atoms with E-state index in [2.05, 4.69) is 114 Å². The molecule has 0 aromatic carbocycles. The smallest absolute Gasteiger partial charge is 0.183 e. The quantitative estimate of drug-likeness (QED) is 0.327. The molecule has 1 nitrogen and oxygen atoms in total. The summed E-state index contributed by atoms with van der Waals surface area (Å²) in [6, 6.07) is 0. The van der Waals surface area contributed by atoms with Crippen LogP contribution in [-0.4, -0.2) is 23.7 Å². The summed E-state index contributed by atoms with van der Waals surface area (Å²) in [7, 11) is -3.50. The molecular weight excluding hydrogens is 349 g/mol. The molecule has 1 atom stereocenters. The molecule has 152 valence electrons. The van der Waals surface area contributed by atoms with Crippen molar-refractivity contribution < 1.29 is 0 Å². The third-order valence-electron chi connectivity index (χ3n) is 5.84. The molecule has 0 saturated carbocycles. The van der Waals surface area contributed by atoms with Gasteiger partial charge in [-0.25, -0.2) is 0 Å². The predicted octanol–water partition coefficient (Wildman–Crippen LogP) is 8.70. The molecular formula is C23H46NPSi. The number of hydrogen-bond donors (Lipinski definition) is 0. The maximum atomic E-state index is 6.01. The van der Waals surface area contributed by atoms with Crippen LogP contribution in [0.4, 0.5) is 0 Å². The van der Waals surface area contributed by atoms with Crippen LogP contribution in [0, 0.1) is 5.41 Å². The van der Waals surface area contributed by atoms with E-state index in [4.69, 9.17) is 4.41 Å². The molecule has 3 heteroatoms. The molecule has 0 spiro atoms. The van der Waals surface area contributed by atoms with E-state index in [0.717, 1.165) is 0 Å². The Balaban J connectivity index is 3.71. The Hall–Kier alpha value is -0.0731. The van der Waals surface area contributed by atoms with Crippen molar-refractivity contribution in [2.75, 3.05) is 0 Å². The summed E-state index contributed by atoms with van der Waals surface area (Å²) < 4.78 is 6.01. The molecule has 0 N–H and O–H groups in total. The molecule has 0 amide bonds. The Morgan fingerprint density at radius 2 is 1.15 bits per heavy atom. The fraction of sp³-hybridized carbons (Fsp3) is 0.826. The zero-order valence-electron chi connectivity index (χ0n) is 20.2. The van der Waals surface area contributed by atoms with Crippen LogP contribution in [0.25, 0.3) is 0 Å². The first-order chi connectivity index (χ1) is 11.2. The molecule has 0 heterocycles. The van der Waals surface area contributed by atoms with Crippen LogP contribution in [0.2, 0.25) is 18.6 Å². The van der Waals surface area contributed by atoms with Crippen molar-refractivity contribution in [2.45, 2.75) is 117 Å². The van der Waals surface area contributed by atoms with E-state index in [1.165, 1.54) is 5.57 Å². The Morgan fingerprint density at radius 3 is 1.42 bits per heavy atom. The van der Waals surface area contributed by atoms with Crippen molar-refractivity contribution in [1.82, 2.24) is 0 Å². The van der Waals surface area contributed by atoms with Gasteiger partial charge in [-0.3, -0.25) is 0 Å². The van der Waals surface area contributed by atoms with Crippen LogP contribution >= 0.6 is 7.05 Å². The Kier molecular flexibility index (Phi) is 6.24. The van der Waals surface area contributed by atoms with E-state index in [1.54, 1.807) is 0 Å². The number of allylic oxidation sites excluding steroid dienone is 4. The third-order valence-corrected chi connectivity index (χ3v) is 16.9. The van der Waals surface area contributed by atoms with Gasteiger partial charge in [0.05, 0.1) is 0 Å². The fourth-order valence-electron chi connectivity index (χ4n) is 5.37. The summed E-state index contributed by atoms with van der Waals surface area (Å²) in [6.07, 6.45) is 7.33. The van der Waals surface area contributed by atoms with Gasteiger partial charge in [0.1, 0.15) is 0 Å². The van der Waals surface area contributed by atoms with E-state index in [1.807, 2.05) is 0 Å². The fourth-order valence-corrected chi connectivity index (χ4v) is 19.8. The normalized spacial score (nSPS) is 20.4. The minimum absolute atomic E-state index is 0.201. The highest BCUT2D eigenvalue weighted by Gasteiger charge is 2.52. The van der Waals surface area contributed by atoms with Gasteiger partial charge in [0.25, 0.3) is 0 Å². The van der Waals surface area contributed by atoms with Crippen molar-refractivity contribution in [3.63, 3.8) is 0 Å². The van der Waals surface area contributed by atoms with Crippen molar-refractivity contribution >= 4 is 15.3 Å². The summed E-state index contributed by atoms with van der Waals surface area (Å²) in [4.78, 5) is 0. The van der Waals surface area contributed by atoms with Crippen LogP contribution < -0.4 is 0 Å². The van der Waals surface area contributed by atoms with Gasteiger partial charge in [-0.1, -0.05) is 101 Å². The first kappa shape index (κ1) is 24.0. The SMILES string of the molecule is CC(C)(C)C1=CC([Si](C)(C)N=P(C(C)(C)C)(C(C)(C)C)C(C)(C)C)C=C1. The Labute approximate surface area is 166 Å². The Morgan fingerprint density at radius 1 is 0.769 bits per heavy atom. The highest BCUT2D eigenvalue weighted by Crippen LogP contribution is 2.77. The highest BCUT2D eigenvalue weighted by molar-refractivity contribution is 7.71. The lowest BCUT2D eigenvalue weighted by atomic mass is 9.87. The van der Waals surface area contributed by atoms with E-state index >= 15 is 0 Å². The van der Waals surface area contributed by atoms with E-state index in [-0.39, 0.29) is 20.9 Å². The van der Waals surface area contributed by atoms with E-state index < -0.39 is 15.3 Å². The van der Waals surface area contributed by atoms with Gasteiger partial charge in [-0.05, 0) is 46.6 Å². The molecule has 1 rings (SSSR count). The van der Waals surface area contributed by atoms with Crippen LogP contribution in [0.1, 0.15) is 83.1 Å². The minimum Gasteiger partial charge on any atom is -0.335 e. The second-order valence-electron chi connectivity index (χ2n) is 12.7. The summed E-state index contributed by atoms with van der Waals surface area (Å²) in [5.74, 6) is 0. The van der Waals surface area contributed by atoms with Crippen molar-refractivity contribution in [3.05, 3.63) is 23.8 Å². The average molecular weight is 396 g/mol. The van der Waals surface area contributed by atoms with Gasteiger partial charge in [0.2, 0.25) is 0 Å². The zero-order valence-corrected chi connectivity index (χ0v) is 22.1. The summed E-state index contributed by atoms with van der Waals surface area (Å²) in [5.41, 5.74) is 2.22. The van der Waals surface area contributed by atoms with Gasteiger partial charge in [-0.15, -0.1) is 0 Å². The van der Waals surface area contributed by atoms with E-state index in [0.29, 0.717) is 5.54 Å². The standard InChI is InChI=1S/C23H46NPSi/c1-20(2,3)18-15-16-19(17-18)26(13,14)24-25(21(4,5)6,22(7,8)9)23(10,11)12/h15-17,19H,1-14H3. The third kappa shape index (κ3) is 4.32. The van der Waals surface area contributed by atoms with Crippen LogP contribution in [-0.2, 0) is 0 Å². The molecule has 0 aromatic heterocycles. The second-order valence-corrected chi connectivity index (χ2v) is 22.7. The van der Waals surface area contributed by atoms with Gasteiger partial charge in [-0.2, -0.15) is 0 Å². The van der Waals surface area contributed by atoms with Crippen molar-refractivity contribution in [1.29, 1.82) is 0 Å². The second kappa shape index (κ2) is 6.77. The lowest BCUT2D eigenvalue weighted by molar-refractivity contribution is 0.517. The number of hydrogen-bond acceptors (Lipinski definition) is 1. The van der Waals surface area contributed by atoms with Gasteiger partial charge in [0.15, 0.2) is 8.24 Å². The summed E-state index contributed by atoms with van der Waals surface area (Å²) >= 11 is 0. The summed E-state index contributed by atoms with van der Waals surface area (Å²) in [6.45, 7) is 33.8. The largest absolute Gasteiger partial charge is 0.335 e. The van der Waals surface area contributed by atoms with E-state index in [9.17, 15) is 0 Å². The monoisotopic (exact) mass is 395 g/mol. The first-order valence-electron chi connectivity index (χ1n) is 10.2. The Bertz CT molecular complexity index is 595. The predicted molar refractivity (Wildman–Crippen MR) is 127 cm³/mol. The highest BCUT2D eigenvalue weighted by atomic mass is 31.2. The molecule has 1 aliphatic carbocycles. The number of nitrogens with zero attached hydrogens (tertiary/aromatic N) is 1. The molecule has 1 unspecified atom stereocenters. The maximum Gasteiger partial charge on any atom is 0.183 e. The first-order valence-corrected chi connectivity index (χ1v) is 15.0. The van der Waals surface area contributed by atoms with Crippen molar-refractivity contribution in [2.24, 2.45) is 9.83 Å². The lowest BCUT2D eigenvalue weighted by Crippen LogP contribution is -2.42. The van der Waals surface area contributed by atoms with Gasteiger partial charge < -0.3 is 4.41 Å². The molecule has 0 aliphatic heterocycles. The molecule has 26 heavy (non-hydrogen) atoms. The average Bonchev–Trinajstić information content (AvgIpc) is 2.81. The molecule has 0 bridgehead atoms. The van der Waals surface area contributed by atoms with Crippen LogP contribution in [0.5, 0.6) is 0 Å².